The number of carbonyl (C=O) groups is 8. The fourth-order valence-electron chi connectivity index (χ4n) is 8.84. The number of anilines is 1. The molecular formula is C87H107N7O27. The predicted molar refractivity (Wildman–Crippen MR) is 450 cm³/mol. The average Bonchev–Trinajstić information content (AvgIpc) is 1.11. The molecule has 9 aromatic rings. The van der Waals surface area contributed by atoms with Crippen LogP contribution in [0.5, 0.6) is 80.5 Å². The predicted octanol–water partition coefficient (Wildman–Crippen LogP) is 12.1. The molecule has 652 valence electrons. The Bertz CT molecular complexity index is 5490. The molecule has 0 spiro atoms. The number of rotatable bonds is 21. The maximum atomic E-state index is 11.7. The number of methoxy groups -OCH3 is 14. The van der Waals surface area contributed by atoms with E-state index >= 15 is 0 Å². The van der Waals surface area contributed by atoms with Gasteiger partial charge in [0.1, 0.15) is 43.1 Å². The van der Waals surface area contributed by atoms with Crippen molar-refractivity contribution in [2.24, 2.45) is 0 Å². The standard InChI is InChI=1S/C9H12N2O2.C9H18N2O2.C9H10N2O2.C9H9NO2.5C9H10O3.C5H4O3.CH4O/c12-9(8-2-1-7-13-8)11-5-3-10-4-6-11;1-9(2,3)13-8(12)11-6-4-10-5-7-11;1-12-8-3-6(5-10)7(11)4-9(8)13-2;6*1-11-8-4-3-7(6-10)5-9(8)12-2;6-5(7)4-2-1-3-8-4;1-2/h1-2,7,10H,3-6H2;10H,4-7H2,1-3H3;3-4H,11H2,1-2H3;3-5H,1-2H3;5*3-6H,1-2H3;1-3H,(H,6,7);2H,1H3/i;;;;1D3,2D3,3D,4D,5D;3D,4D,5D;2D3;1D3;;;. The zero-order valence-corrected chi connectivity index (χ0v) is 68.6. The molecule has 34 nitrogen and oxygen atoms in total. The molecule has 0 saturated carbocycles. The van der Waals surface area contributed by atoms with Gasteiger partial charge in [0, 0.05) is 105 Å². The summed E-state index contributed by atoms with van der Waals surface area (Å²) in [5, 5.41) is 38.8. The zero-order valence-electron chi connectivity index (χ0n) is 86.6. The maximum absolute atomic E-state index is 11.7. The van der Waals surface area contributed by atoms with E-state index in [2.05, 4.69) is 34.0 Å². The average molecular weight is 1700 g/mol. The van der Waals surface area contributed by atoms with Gasteiger partial charge in [-0.1, -0.05) is 0 Å². The molecule has 11 rings (SSSR count). The number of nitrogens with zero attached hydrogens (tertiary/aromatic N) is 4. The molecule has 2 aliphatic heterocycles. The smallest absolute Gasteiger partial charge is 0.410 e. The molecule has 2 aliphatic rings. The van der Waals surface area contributed by atoms with Gasteiger partial charge >= 0.3 is 12.1 Å². The molecule has 2 saturated heterocycles. The molecule has 34 heteroatoms. The van der Waals surface area contributed by atoms with Crippen LogP contribution >= 0.6 is 0 Å². The number of piperazine rings is 2. The van der Waals surface area contributed by atoms with E-state index in [0.29, 0.717) is 92.6 Å². The highest BCUT2D eigenvalue weighted by Crippen LogP contribution is 2.34. The van der Waals surface area contributed by atoms with Crippen LogP contribution in [-0.2, 0) is 4.74 Å². The third-order valence-electron chi connectivity index (χ3n) is 14.6. The van der Waals surface area contributed by atoms with Gasteiger partial charge in [-0.2, -0.15) is 10.5 Å². The van der Waals surface area contributed by atoms with E-state index in [9.17, 15) is 38.4 Å². The van der Waals surface area contributed by atoms with Crippen molar-refractivity contribution in [3.05, 3.63) is 208 Å². The third kappa shape index (κ3) is 38.0. The number of nitrogen functional groups attached to an aromatic ring is 1. The van der Waals surface area contributed by atoms with Gasteiger partial charge in [0.05, 0.1) is 159 Å². The molecule has 0 radical (unpaired) electrons. The number of carboxylic acids is 1. The summed E-state index contributed by atoms with van der Waals surface area (Å²) in [7, 11) is 4.40. The van der Waals surface area contributed by atoms with Crippen molar-refractivity contribution in [3.8, 4) is 92.6 Å². The molecule has 0 bridgehead atoms. The van der Waals surface area contributed by atoms with E-state index in [1.165, 1.54) is 111 Å². The Labute approximate surface area is 729 Å². The first-order valence-corrected chi connectivity index (χ1v) is 34.8. The molecule has 121 heavy (non-hydrogen) atoms. The monoisotopic (exact) mass is 1700 g/mol. The Balaban J connectivity index is 0.000000775. The number of carbonyl (C=O) groups excluding carboxylic acids is 7. The topological polar surface area (TPSA) is 446 Å². The van der Waals surface area contributed by atoms with Gasteiger partial charge in [-0.3, -0.25) is 28.8 Å². The molecular weight excluding hydrogens is 1570 g/mol. The molecule has 0 atom stereocenters. The summed E-state index contributed by atoms with van der Waals surface area (Å²) in [6, 6.07) is 28.8. The lowest BCUT2D eigenvalue weighted by Gasteiger charge is -2.30. The van der Waals surface area contributed by atoms with Crippen LogP contribution in [0.15, 0.2) is 167 Å². The van der Waals surface area contributed by atoms with Crippen molar-refractivity contribution >= 4 is 55.1 Å². The van der Waals surface area contributed by atoms with Crippen molar-refractivity contribution in [2.45, 2.75) is 26.4 Å². The lowest BCUT2D eigenvalue weighted by Crippen LogP contribution is -2.48. The molecule has 6 N–H and O–H groups in total. The Morgan fingerprint density at radius 1 is 0.438 bits per heavy atom. The second-order valence-corrected chi connectivity index (χ2v) is 23.3. The van der Waals surface area contributed by atoms with Gasteiger partial charge in [0.15, 0.2) is 86.3 Å². The largest absolute Gasteiger partial charge is 0.493 e. The molecule has 2 amide bonds. The van der Waals surface area contributed by atoms with E-state index < -0.39 is 69.3 Å². The fraction of sp³-hybridized carbons (Fsp3) is 0.310. The molecule has 0 unspecified atom stereocenters. The number of hydrogen-bond acceptors (Lipinski definition) is 31. The SMILES string of the molecule is CC(C)(C)OC(=O)N1CCNCC1.CO.COc1cc(N)c(C#N)cc1OC.COc1ccc(C#N)cc1OC.COc1ccc(C=O)cc1OC.O=C(O)c1ccco1.O=C(c1ccco1)N1CCNCC1.[2H]C([2H])([2H])Oc1cc(C=O)ccc1OC.[2H]C([2H])([2H])Oc1ccc(C=O)cc1OC.[2H]c1c([2H])c(OC([2H])([2H])[2H])c(OC([2H])([2H])[2H])c([2H])c1C=O.[2H]c1c([2H])c(OC)c(OC)c([2H])c1C=O. The number of benzene rings is 7. The summed E-state index contributed by atoms with van der Waals surface area (Å²) < 4.78 is 211. The lowest BCUT2D eigenvalue weighted by molar-refractivity contribution is 0.0228. The number of nitriles is 2. The van der Waals surface area contributed by atoms with Crippen molar-refractivity contribution in [3.63, 3.8) is 0 Å². The van der Waals surface area contributed by atoms with Crippen molar-refractivity contribution in [1.82, 2.24) is 20.4 Å². The number of ether oxygens (including phenoxy) is 15. The molecule has 4 heterocycles. The van der Waals surface area contributed by atoms with E-state index in [1.807, 2.05) is 32.9 Å². The number of nitrogens with one attached hydrogen (secondary N) is 2. The minimum Gasteiger partial charge on any atom is -0.493 e. The summed E-state index contributed by atoms with van der Waals surface area (Å²) in [5.41, 5.74) is 7.05. The Morgan fingerprint density at radius 2 is 0.777 bits per heavy atom. The van der Waals surface area contributed by atoms with Gasteiger partial charge in [-0.15, -0.1) is 0 Å². The summed E-state index contributed by atoms with van der Waals surface area (Å²) in [4.78, 5) is 89.5. The van der Waals surface area contributed by atoms with Gasteiger partial charge in [0.25, 0.3) is 5.91 Å². The van der Waals surface area contributed by atoms with Crippen LogP contribution in [0.4, 0.5) is 10.5 Å². The third-order valence-corrected chi connectivity index (χ3v) is 14.6. The van der Waals surface area contributed by atoms with Gasteiger partial charge < -0.3 is 116 Å². The van der Waals surface area contributed by atoms with E-state index in [0.717, 1.165) is 65.8 Å². The normalized spacial score (nSPS) is 13.5. The van der Waals surface area contributed by atoms with Crippen LogP contribution in [0.3, 0.4) is 0 Å². The first-order valence-electron chi connectivity index (χ1n) is 43.8. The van der Waals surface area contributed by atoms with Crippen LogP contribution in [-0.4, -0.2) is 234 Å². The second-order valence-electron chi connectivity index (χ2n) is 23.3. The van der Waals surface area contributed by atoms with Gasteiger partial charge in [0.2, 0.25) is 5.76 Å². The second kappa shape index (κ2) is 60.1. The number of furan rings is 2. The maximum Gasteiger partial charge on any atom is 0.410 e. The number of aliphatic hydroxyl groups is 1. The lowest BCUT2D eigenvalue weighted by atomic mass is 10.2. The summed E-state index contributed by atoms with van der Waals surface area (Å²) >= 11 is 0. The number of aromatic carboxylic acids is 1. The Kier molecular flexibility index (Phi) is 38.0. The van der Waals surface area contributed by atoms with Crippen LogP contribution in [0.25, 0.3) is 0 Å². The Hall–Kier alpha value is -14.5. The first kappa shape index (κ1) is 76.5. The summed E-state index contributed by atoms with van der Waals surface area (Å²) in [5.74, 6) is 1.64. The molecule has 2 aromatic heterocycles. The number of amides is 2. The number of carboxylic acid groups (broad SMARTS) is 1. The molecule has 0 aliphatic carbocycles. The minimum atomic E-state index is -3.06. The molecule has 2 fully saturated rings. The van der Waals surface area contributed by atoms with E-state index in [1.54, 1.807) is 91.8 Å². The van der Waals surface area contributed by atoms with Crippen molar-refractivity contribution < 1.29 is 153 Å². The van der Waals surface area contributed by atoms with Crippen LogP contribution in [0.1, 0.15) is 129 Å². The minimum absolute atomic E-state index is 0.000556. The van der Waals surface area contributed by atoms with Crippen LogP contribution < -0.4 is 82.7 Å². The first-order chi connectivity index (χ1) is 65.4. The number of aldehydes is 5. The summed E-state index contributed by atoms with van der Waals surface area (Å²) in [6.45, 7) is 12.1. The number of nitrogens with two attached hydrogens (primary N) is 1. The fourth-order valence-corrected chi connectivity index (χ4v) is 8.84. The zero-order chi connectivity index (χ0) is 106. The van der Waals surface area contributed by atoms with Crippen LogP contribution in [0.2, 0.25) is 0 Å². The van der Waals surface area contributed by atoms with Gasteiger partial charge in [-0.05, 0) is 148 Å². The highest BCUT2D eigenvalue weighted by atomic mass is 16.6. The van der Waals surface area contributed by atoms with E-state index in [-0.39, 0.29) is 87.8 Å². The van der Waals surface area contributed by atoms with Gasteiger partial charge in [-0.25, -0.2) is 9.59 Å². The Morgan fingerprint density at radius 3 is 1.14 bits per heavy atom. The number of hydrogen-bond donors (Lipinski definition) is 5. The van der Waals surface area contributed by atoms with Crippen molar-refractivity contribution in [1.29, 1.82) is 10.5 Å². The summed E-state index contributed by atoms with van der Waals surface area (Å²) in [6.07, 6.45) is 5.10. The highest BCUT2D eigenvalue weighted by molar-refractivity contribution is 5.91. The van der Waals surface area contributed by atoms with Crippen LogP contribution in [0, 0.1) is 22.7 Å². The van der Waals surface area contributed by atoms with E-state index in [4.69, 9.17) is 108 Å². The molecule has 7 aromatic carbocycles. The van der Waals surface area contributed by atoms with Crippen molar-refractivity contribution in [2.75, 3.05) is 164 Å². The number of aliphatic hydroxyl groups excluding tert-OH is 1. The highest BCUT2D eigenvalue weighted by Gasteiger charge is 2.24. The quantitative estimate of drug-likeness (QED) is 0.0329.